The van der Waals surface area contributed by atoms with E-state index in [4.69, 9.17) is 9.47 Å². The Bertz CT molecular complexity index is 476. The maximum absolute atomic E-state index is 12.1. The van der Waals surface area contributed by atoms with Crippen LogP contribution >= 0.6 is 0 Å². The average molecular weight is 279 g/mol. The zero-order valence-electron chi connectivity index (χ0n) is 11.2. The third-order valence-electron chi connectivity index (χ3n) is 3.07. The van der Waals surface area contributed by atoms with E-state index in [2.05, 4.69) is 0 Å². The van der Waals surface area contributed by atoms with Crippen LogP contribution in [0.1, 0.15) is 19.8 Å². The van der Waals surface area contributed by atoms with Gasteiger partial charge in [0.25, 0.3) is 0 Å². The minimum atomic E-state index is -1.01. The van der Waals surface area contributed by atoms with Gasteiger partial charge in [-0.2, -0.15) is 0 Å². The maximum Gasteiger partial charge on any atom is 0.412 e. The number of aliphatic hydroxyl groups excluding tert-OH is 1. The molecule has 1 aromatic carbocycles. The number of esters is 1. The van der Waals surface area contributed by atoms with Crippen molar-refractivity contribution >= 4 is 12.1 Å². The summed E-state index contributed by atoms with van der Waals surface area (Å²) in [5, 5.41) is 9.79. The van der Waals surface area contributed by atoms with E-state index >= 15 is 0 Å². The molecule has 1 aliphatic heterocycles. The number of hydrogen-bond acceptors (Lipinski definition) is 5. The monoisotopic (exact) mass is 279 g/mol. The Hall–Kier alpha value is -2.08. The molecular weight excluding hydrogens is 262 g/mol. The molecule has 20 heavy (non-hydrogen) atoms. The molecule has 1 aliphatic rings. The Kier molecular flexibility index (Phi) is 4.57. The third kappa shape index (κ3) is 3.08. The van der Waals surface area contributed by atoms with Gasteiger partial charge in [-0.25, -0.2) is 9.59 Å². The van der Waals surface area contributed by atoms with Crippen molar-refractivity contribution in [3.05, 3.63) is 30.3 Å². The summed E-state index contributed by atoms with van der Waals surface area (Å²) >= 11 is 0. The van der Waals surface area contributed by atoms with Crippen LogP contribution in [0.3, 0.4) is 0 Å². The topological polar surface area (TPSA) is 76.1 Å². The lowest BCUT2D eigenvalue weighted by atomic mass is 10.2. The molecule has 1 aromatic rings. The molecule has 0 unspecified atom stereocenters. The molecule has 1 heterocycles. The van der Waals surface area contributed by atoms with Gasteiger partial charge < -0.3 is 14.6 Å². The fraction of sp³-hybridized carbons (Fsp3) is 0.429. The number of hydrogen-bond donors (Lipinski definition) is 1. The fourth-order valence-electron chi connectivity index (χ4n) is 2.14. The fourth-order valence-corrected chi connectivity index (χ4v) is 2.14. The van der Waals surface area contributed by atoms with Crippen molar-refractivity contribution in [3.8, 4) is 5.75 Å². The van der Waals surface area contributed by atoms with Crippen molar-refractivity contribution in [1.82, 2.24) is 4.90 Å². The van der Waals surface area contributed by atoms with Gasteiger partial charge in [0, 0.05) is 0 Å². The molecule has 2 atom stereocenters. The molecule has 6 nitrogen and oxygen atoms in total. The molecule has 1 fully saturated rings. The minimum Gasteiger partial charge on any atom is -0.450 e. The van der Waals surface area contributed by atoms with Crippen LogP contribution in [0.25, 0.3) is 0 Å². The van der Waals surface area contributed by atoms with E-state index < -0.39 is 24.3 Å². The second-order valence-electron chi connectivity index (χ2n) is 4.41. The molecule has 108 valence electrons. The zero-order valence-corrected chi connectivity index (χ0v) is 11.2. The van der Waals surface area contributed by atoms with E-state index in [-0.39, 0.29) is 6.61 Å². The number of ether oxygens (including phenoxy) is 2. The van der Waals surface area contributed by atoms with Crippen molar-refractivity contribution in [2.75, 3.05) is 6.61 Å². The largest absolute Gasteiger partial charge is 0.450 e. The first-order valence-corrected chi connectivity index (χ1v) is 6.53. The van der Waals surface area contributed by atoms with Gasteiger partial charge in [0.2, 0.25) is 0 Å². The second-order valence-corrected chi connectivity index (χ2v) is 4.41. The number of aliphatic hydroxyl groups is 1. The molecule has 0 saturated carbocycles. The summed E-state index contributed by atoms with van der Waals surface area (Å²) < 4.78 is 10.1. The van der Waals surface area contributed by atoms with Crippen LogP contribution in [0.4, 0.5) is 4.79 Å². The van der Waals surface area contributed by atoms with Crippen LogP contribution in [0.2, 0.25) is 0 Å². The van der Waals surface area contributed by atoms with Crippen LogP contribution in [-0.2, 0) is 9.53 Å². The summed E-state index contributed by atoms with van der Waals surface area (Å²) in [5.74, 6) is -0.163. The molecule has 6 heteroatoms. The Morgan fingerprint density at radius 1 is 1.30 bits per heavy atom. The molecule has 0 spiro atoms. The van der Waals surface area contributed by atoms with E-state index in [1.54, 1.807) is 31.2 Å². The molecule has 1 saturated heterocycles. The first-order chi connectivity index (χ1) is 9.63. The van der Waals surface area contributed by atoms with Crippen LogP contribution in [0.5, 0.6) is 5.75 Å². The highest BCUT2D eigenvalue weighted by Gasteiger charge is 2.42. The van der Waals surface area contributed by atoms with Gasteiger partial charge in [-0.1, -0.05) is 18.2 Å². The quantitative estimate of drug-likeness (QED) is 0.670. The molecule has 1 amide bonds. The normalized spacial score (nSPS) is 21.6. The van der Waals surface area contributed by atoms with E-state index in [0.29, 0.717) is 18.6 Å². The first kappa shape index (κ1) is 14.3. The maximum atomic E-state index is 12.1. The summed E-state index contributed by atoms with van der Waals surface area (Å²) in [4.78, 5) is 24.9. The van der Waals surface area contributed by atoms with Crippen LogP contribution in [0.15, 0.2) is 30.3 Å². The van der Waals surface area contributed by atoms with Crippen molar-refractivity contribution < 1.29 is 24.2 Å². The molecule has 1 N–H and O–H groups in total. The lowest BCUT2D eigenvalue weighted by Gasteiger charge is -2.25. The number of para-hydroxylation sites is 1. The Morgan fingerprint density at radius 2 is 2.00 bits per heavy atom. The van der Waals surface area contributed by atoms with Crippen LogP contribution < -0.4 is 4.74 Å². The highest BCUT2D eigenvalue weighted by atomic mass is 16.6. The van der Waals surface area contributed by atoms with Gasteiger partial charge in [0.1, 0.15) is 18.0 Å². The Labute approximate surface area is 116 Å². The molecule has 0 radical (unpaired) electrons. The average Bonchev–Trinajstić information content (AvgIpc) is 2.82. The van der Waals surface area contributed by atoms with Gasteiger partial charge >= 0.3 is 12.1 Å². The predicted molar refractivity (Wildman–Crippen MR) is 70.0 cm³/mol. The van der Waals surface area contributed by atoms with E-state index in [1.807, 2.05) is 6.07 Å². The number of carbonyl (C=O) groups is 2. The standard InChI is InChI=1S/C14H17NO5/c1-2-19-14(18)15-11(8-9-12(15)16)13(17)20-10-6-4-3-5-7-10/h3-7,11-12,16H,2,8-9H2,1H3/t11-,12+/m0/s1. The summed E-state index contributed by atoms with van der Waals surface area (Å²) in [7, 11) is 0. The molecule has 2 rings (SSSR count). The van der Waals surface area contributed by atoms with E-state index in [1.165, 1.54) is 0 Å². The SMILES string of the molecule is CCOC(=O)N1[C@H](O)CC[C@H]1C(=O)Oc1ccccc1. The number of carbonyl (C=O) groups excluding carboxylic acids is 2. The molecular formula is C14H17NO5. The number of likely N-dealkylation sites (tertiary alicyclic amines) is 1. The van der Waals surface area contributed by atoms with Crippen LogP contribution in [-0.4, -0.2) is 40.9 Å². The zero-order chi connectivity index (χ0) is 14.5. The van der Waals surface area contributed by atoms with E-state index in [0.717, 1.165) is 4.90 Å². The Morgan fingerprint density at radius 3 is 2.65 bits per heavy atom. The van der Waals surface area contributed by atoms with Gasteiger partial charge in [-0.05, 0) is 31.9 Å². The number of benzene rings is 1. The summed E-state index contributed by atoms with van der Waals surface area (Å²) in [5.41, 5.74) is 0. The minimum absolute atomic E-state index is 0.183. The van der Waals surface area contributed by atoms with Gasteiger partial charge in [-0.15, -0.1) is 0 Å². The van der Waals surface area contributed by atoms with Crippen molar-refractivity contribution in [2.24, 2.45) is 0 Å². The van der Waals surface area contributed by atoms with Gasteiger partial charge in [0.05, 0.1) is 6.61 Å². The highest BCUT2D eigenvalue weighted by molar-refractivity contribution is 5.83. The van der Waals surface area contributed by atoms with Crippen molar-refractivity contribution in [3.63, 3.8) is 0 Å². The molecule has 0 aliphatic carbocycles. The second kappa shape index (κ2) is 6.38. The summed E-state index contributed by atoms with van der Waals surface area (Å²) in [6.45, 7) is 1.85. The lowest BCUT2D eigenvalue weighted by molar-refractivity contribution is -0.140. The number of amides is 1. The van der Waals surface area contributed by atoms with Gasteiger partial charge in [-0.3, -0.25) is 4.90 Å². The third-order valence-corrected chi connectivity index (χ3v) is 3.07. The summed E-state index contributed by atoms with van der Waals surface area (Å²) in [6, 6.07) is 7.78. The number of nitrogens with zero attached hydrogens (tertiary/aromatic N) is 1. The van der Waals surface area contributed by atoms with E-state index in [9.17, 15) is 14.7 Å². The highest BCUT2D eigenvalue weighted by Crippen LogP contribution is 2.25. The smallest absolute Gasteiger partial charge is 0.412 e. The van der Waals surface area contributed by atoms with Crippen LogP contribution in [0, 0.1) is 0 Å². The Balaban J connectivity index is 2.06. The van der Waals surface area contributed by atoms with Crippen molar-refractivity contribution in [1.29, 1.82) is 0 Å². The first-order valence-electron chi connectivity index (χ1n) is 6.53. The summed E-state index contributed by atoms with van der Waals surface area (Å²) in [6.07, 6.45) is -1.03. The van der Waals surface area contributed by atoms with Crippen molar-refractivity contribution in [2.45, 2.75) is 32.0 Å². The predicted octanol–water partition coefficient (Wildman–Crippen LogP) is 1.53. The number of rotatable bonds is 3. The van der Waals surface area contributed by atoms with Gasteiger partial charge in [0.15, 0.2) is 0 Å². The lowest BCUT2D eigenvalue weighted by Crippen LogP contribution is -2.46. The molecule has 0 bridgehead atoms. The molecule has 0 aromatic heterocycles.